The molecule has 0 aliphatic rings. The molecule has 2 rings (SSSR count). The second kappa shape index (κ2) is 12.9. The van der Waals surface area contributed by atoms with Crippen molar-refractivity contribution in [2.24, 2.45) is 11.8 Å². The van der Waals surface area contributed by atoms with Crippen LogP contribution in [0.1, 0.15) is 61.3 Å². The van der Waals surface area contributed by atoms with Crippen LogP contribution in [-0.2, 0) is 9.47 Å². The molecule has 0 aliphatic heterocycles. The monoisotopic (exact) mass is 478 g/mol. The van der Waals surface area contributed by atoms with Gasteiger partial charge in [-0.15, -0.1) is 23.2 Å². The smallest absolute Gasteiger partial charge is 0.338 e. The number of hydrogen-bond donors (Lipinski definition) is 0. The van der Waals surface area contributed by atoms with Crippen LogP contribution in [-0.4, -0.2) is 35.9 Å². The minimum absolute atomic E-state index is 0.186. The van der Waals surface area contributed by atoms with Crippen molar-refractivity contribution in [1.82, 2.24) is 0 Å². The number of rotatable bonds is 11. The Balaban J connectivity index is 1.91. The largest absolute Gasteiger partial charge is 0.461 e. The van der Waals surface area contributed by atoms with Crippen molar-refractivity contribution < 1.29 is 19.1 Å². The Bertz CT molecular complexity index is 787. The van der Waals surface area contributed by atoms with E-state index in [9.17, 15) is 9.59 Å². The van der Waals surface area contributed by atoms with E-state index < -0.39 is 0 Å². The lowest BCUT2D eigenvalue weighted by Gasteiger charge is -2.13. The fraction of sp³-hybridized carbons (Fsp3) is 0.462. The average molecular weight is 479 g/mol. The predicted molar refractivity (Wildman–Crippen MR) is 131 cm³/mol. The van der Waals surface area contributed by atoms with Crippen molar-refractivity contribution >= 4 is 35.1 Å². The summed E-state index contributed by atoms with van der Waals surface area (Å²) in [5.41, 5.74) is 2.79. The van der Waals surface area contributed by atoms with E-state index in [-0.39, 0.29) is 35.9 Å². The van der Waals surface area contributed by atoms with Gasteiger partial charge < -0.3 is 9.47 Å². The van der Waals surface area contributed by atoms with E-state index in [1.807, 2.05) is 24.3 Å². The van der Waals surface area contributed by atoms with Crippen LogP contribution in [0.3, 0.4) is 0 Å². The van der Waals surface area contributed by atoms with Crippen molar-refractivity contribution in [2.75, 3.05) is 13.2 Å². The molecule has 6 heteroatoms. The second-order valence-electron chi connectivity index (χ2n) is 8.81. The first-order valence-corrected chi connectivity index (χ1v) is 11.9. The van der Waals surface area contributed by atoms with E-state index in [0.717, 1.165) is 24.0 Å². The van der Waals surface area contributed by atoms with Gasteiger partial charge in [0.25, 0.3) is 0 Å². The summed E-state index contributed by atoms with van der Waals surface area (Å²) in [6.45, 7) is 8.70. The van der Waals surface area contributed by atoms with E-state index in [1.165, 1.54) is 0 Å². The number of hydrogen-bond acceptors (Lipinski definition) is 4. The maximum atomic E-state index is 12.2. The topological polar surface area (TPSA) is 52.6 Å². The van der Waals surface area contributed by atoms with Crippen molar-refractivity contribution in [2.45, 2.75) is 51.3 Å². The number of esters is 2. The van der Waals surface area contributed by atoms with Gasteiger partial charge in [0.1, 0.15) is 13.2 Å². The zero-order chi connectivity index (χ0) is 23.7. The van der Waals surface area contributed by atoms with Crippen LogP contribution in [0.2, 0.25) is 0 Å². The van der Waals surface area contributed by atoms with Gasteiger partial charge >= 0.3 is 11.9 Å². The third-order valence-corrected chi connectivity index (χ3v) is 5.43. The molecule has 0 saturated carbocycles. The highest BCUT2D eigenvalue weighted by molar-refractivity contribution is 6.21. The number of alkyl halides is 2. The van der Waals surface area contributed by atoms with E-state index in [4.69, 9.17) is 32.7 Å². The fourth-order valence-electron chi connectivity index (χ4n) is 3.26. The van der Waals surface area contributed by atoms with Crippen molar-refractivity contribution in [3.05, 3.63) is 59.7 Å². The zero-order valence-electron chi connectivity index (χ0n) is 19.1. The van der Waals surface area contributed by atoms with Gasteiger partial charge in [-0.25, -0.2) is 9.59 Å². The summed E-state index contributed by atoms with van der Waals surface area (Å²) >= 11 is 12.4. The quantitative estimate of drug-likeness (QED) is 0.258. The summed E-state index contributed by atoms with van der Waals surface area (Å²) in [4.78, 5) is 24.5. The zero-order valence-corrected chi connectivity index (χ0v) is 20.7. The highest BCUT2D eigenvalue weighted by Crippen LogP contribution is 2.22. The first-order chi connectivity index (χ1) is 15.2. The molecule has 2 aromatic rings. The summed E-state index contributed by atoms with van der Waals surface area (Å²) in [5.74, 6) is 0.120. The lowest BCUT2D eigenvalue weighted by molar-refractivity contribution is 0.0490. The van der Waals surface area contributed by atoms with Gasteiger partial charge in [0, 0.05) is 0 Å². The van der Waals surface area contributed by atoms with Crippen LogP contribution >= 0.6 is 23.2 Å². The van der Waals surface area contributed by atoms with Crippen molar-refractivity contribution in [3.8, 4) is 11.1 Å². The highest BCUT2D eigenvalue weighted by Gasteiger charge is 2.14. The molecule has 0 radical (unpaired) electrons. The molecule has 0 aliphatic carbocycles. The SMILES string of the molecule is CC(C)C[C@@H](Cl)COC(=O)c1ccc(-c2ccc(C(=O)OC[C@H](Cl)CC(C)C)cc2)cc1. The maximum absolute atomic E-state index is 12.2. The molecule has 0 fully saturated rings. The van der Waals surface area contributed by atoms with Crippen molar-refractivity contribution in [1.29, 1.82) is 0 Å². The molecule has 0 unspecified atom stereocenters. The van der Waals surface area contributed by atoms with E-state index in [2.05, 4.69) is 27.7 Å². The molecule has 2 aromatic carbocycles. The molecule has 0 amide bonds. The number of ether oxygens (including phenoxy) is 2. The predicted octanol–water partition coefficient (Wildman–Crippen LogP) is 6.97. The Morgan fingerprint density at radius 2 is 0.969 bits per heavy atom. The summed E-state index contributed by atoms with van der Waals surface area (Å²) in [6, 6.07) is 14.3. The number of carbonyl (C=O) groups is 2. The molecule has 0 saturated heterocycles. The number of halogens is 2. The lowest BCUT2D eigenvalue weighted by Crippen LogP contribution is -2.16. The van der Waals surface area contributed by atoms with Gasteiger partial charge in [-0.05, 0) is 60.1 Å². The van der Waals surface area contributed by atoms with E-state index in [0.29, 0.717) is 23.0 Å². The molecule has 4 nitrogen and oxygen atoms in total. The van der Waals surface area contributed by atoms with E-state index in [1.54, 1.807) is 24.3 Å². The molecule has 174 valence electrons. The van der Waals surface area contributed by atoms with E-state index >= 15 is 0 Å². The lowest BCUT2D eigenvalue weighted by atomic mass is 10.0. The Labute approximate surface area is 201 Å². The first kappa shape index (κ1) is 26.2. The Morgan fingerprint density at radius 1 is 0.656 bits per heavy atom. The standard InChI is InChI=1S/C26H32Cl2O4/c1-17(2)13-23(27)15-31-25(29)21-9-5-19(6-10-21)20-7-11-22(12-8-20)26(30)32-16-24(28)14-18(3)4/h5-12,17-18,23-24H,13-16H2,1-4H3/t23-,24-/m1/s1. The Kier molecular flexibility index (Phi) is 10.5. The minimum Gasteiger partial charge on any atom is -0.461 e. The molecule has 0 bridgehead atoms. The number of benzene rings is 2. The molecular formula is C26H32Cl2O4. The summed E-state index contributed by atoms with van der Waals surface area (Å²) in [7, 11) is 0. The minimum atomic E-state index is -0.390. The third-order valence-electron chi connectivity index (χ3n) is 4.82. The van der Waals surface area contributed by atoms with Crippen LogP contribution < -0.4 is 0 Å². The van der Waals surface area contributed by atoms with Crippen LogP contribution in [0, 0.1) is 11.8 Å². The third kappa shape index (κ3) is 8.84. The molecular weight excluding hydrogens is 447 g/mol. The Morgan fingerprint density at radius 3 is 1.25 bits per heavy atom. The fourth-order valence-corrected chi connectivity index (χ4v) is 4.09. The highest BCUT2D eigenvalue weighted by atomic mass is 35.5. The number of carbonyl (C=O) groups excluding carboxylic acids is 2. The van der Waals surface area contributed by atoms with Crippen LogP contribution in [0.15, 0.2) is 48.5 Å². The average Bonchev–Trinajstić information content (AvgIpc) is 2.75. The maximum Gasteiger partial charge on any atom is 0.338 e. The second-order valence-corrected chi connectivity index (χ2v) is 10.0. The van der Waals surface area contributed by atoms with Gasteiger partial charge in [-0.2, -0.15) is 0 Å². The molecule has 0 aromatic heterocycles. The van der Waals surface area contributed by atoms with Gasteiger partial charge in [0.05, 0.1) is 21.9 Å². The molecule has 0 N–H and O–H groups in total. The van der Waals surface area contributed by atoms with Gasteiger partial charge in [0.15, 0.2) is 0 Å². The van der Waals surface area contributed by atoms with Crippen LogP contribution in [0.4, 0.5) is 0 Å². The summed E-state index contributed by atoms with van der Waals surface area (Å²) in [6.07, 6.45) is 1.59. The Hall–Kier alpha value is -2.04. The molecule has 0 heterocycles. The molecule has 2 atom stereocenters. The normalized spacial score (nSPS) is 13.1. The van der Waals surface area contributed by atoms with Gasteiger partial charge in [-0.1, -0.05) is 52.0 Å². The van der Waals surface area contributed by atoms with Crippen molar-refractivity contribution in [3.63, 3.8) is 0 Å². The molecule has 0 spiro atoms. The summed E-state index contributed by atoms with van der Waals surface area (Å²) in [5, 5.41) is -0.372. The summed E-state index contributed by atoms with van der Waals surface area (Å²) < 4.78 is 10.6. The van der Waals surface area contributed by atoms with Gasteiger partial charge in [-0.3, -0.25) is 0 Å². The first-order valence-electron chi connectivity index (χ1n) is 11.0. The van der Waals surface area contributed by atoms with Crippen LogP contribution in [0.25, 0.3) is 11.1 Å². The van der Waals surface area contributed by atoms with Gasteiger partial charge in [0.2, 0.25) is 0 Å². The molecule has 32 heavy (non-hydrogen) atoms. The van der Waals surface area contributed by atoms with Crippen LogP contribution in [0.5, 0.6) is 0 Å².